The van der Waals surface area contributed by atoms with Crippen molar-refractivity contribution in [2.75, 3.05) is 51.3 Å². The molecule has 1 amide bonds. The van der Waals surface area contributed by atoms with Gasteiger partial charge in [0.05, 0.1) is 12.0 Å². The highest BCUT2D eigenvalue weighted by molar-refractivity contribution is 7.89. The molecule has 178 valence electrons. The molecule has 7 nitrogen and oxygen atoms in total. The number of hydrogen-bond acceptors (Lipinski definition) is 5. The van der Waals surface area contributed by atoms with Crippen LogP contribution in [0.2, 0.25) is 0 Å². The van der Waals surface area contributed by atoms with Crippen LogP contribution in [0.5, 0.6) is 5.75 Å². The van der Waals surface area contributed by atoms with Crippen molar-refractivity contribution in [3.05, 3.63) is 54.3 Å². The van der Waals surface area contributed by atoms with Crippen molar-refractivity contribution < 1.29 is 22.3 Å². The Morgan fingerprint density at radius 1 is 0.909 bits per heavy atom. The summed E-state index contributed by atoms with van der Waals surface area (Å²) in [7, 11) is -2.03. The number of carbonyl (C=O) groups is 1. The van der Waals surface area contributed by atoms with Crippen molar-refractivity contribution in [2.24, 2.45) is 5.92 Å². The van der Waals surface area contributed by atoms with Crippen LogP contribution in [0.15, 0.2) is 53.4 Å². The molecule has 0 bridgehead atoms. The Kier molecular flexibility index (Phi) is 7.19. The Hall–Kier alpha value is -2.65. The first kappa shape index (κ1) is 23.5. The topological polar surface area (TPSA) is 70.2 Å². The van der Waals surface area contributed by atoms with E-state index in [9.17, 15) is 17.6 Å². The summed E-state index contributed by atoms with van der Waals surface area (Å²) in [6.45, 7) is 3.59. The maximum absolute atomic E-state index is 13.2. The van der Waals surface area contributed by atoms with Crippen LogP contribution in [-0.4, -0.2) is 69.9 Å². The number of hydrogen-bond donors (Lipinski definition) is 0. The predicted molar refractivity (Wildman–Crippen MR) is 124 cm³/mol. The van der Waals surface area contributed by atoms with E-state index in [1.165, 1.54) is 16.4 Å². The van der Waals surface area contributed by atoms with E-state index in [1.807, 2.05) is 29.2 Å². The molecule has 0 aromatic heterocycles. The van der Waals surface area contributed by atoms with Crippen LogP contribution in [0.1, 0.15) is 19.3 Å². The van der Waals surface area contributed by atoms with Crippen molar-refractivity contribution in [3.63, 3.8) is 0 Å². The van der Waals surface area contributed by atoms with Gasteiger partial charge in [0, 0.05) is 50.9 Å². The number of rotatable bonds is 5. The van der Waals surface area contributed by atoms with Gasteiger partial charge in [0.1, 0.15) is 11.6 Å². The van der Waals surface area contributed by atoms with Gasteiger partial charge in [0.25, 0.3) is 0 Å². The van der Waals surface area contributed by atoms with Crippen molar-refractivity contribution in [2.45, 2.75) is 24.2 Å². The molecule has 2 aliphatic rings. The van der Waals surface area contributed by atoms with E-state index in [1.54, 1.807) is 7.11 Å². The summed E-state index contributed by atoms with van der Waals surface area (Å²) in [4.78, 5) is 17.5. The normalized spacial score (nSPS) is 18.7. The number of piperidine rings is 1. The second-order valence-corrected chi connectivity index (χ2v) is 10.4. The monoisotopic (exact) mass is 475 g/mol. The molecule has 33 heavy (non-hydrogen) atoms. The zero-order chi connectivity index (χ0) is 23.4. The highest BCUT2D eigenvalue weighted by atomic mass is 32.2. The third-order valence-corrected chi connectivity index (χ3v) is 8.41. The van der Waals surface area contributed by atoms with Crippen LogP contribution in [0.4, 0.5) is 10.1 Å². The van der Waals surface area contributed by atoms with E-state index in [-0.39, 0.29) is 16.7 Å². The number of halogens is 1. The maximum atomic E-state index is 13.2. The summed E-state index contributed by atoms with van der Waals surface area (Å²) >= 11 is 0. The van der Waals surface area contributed by atoms with Gasteiger partial charge in [-0.05, 0) is 67.8 Å². The molecule has 4 rings (SSSR count). The molecule has 2 saturated heterocycles. The fourth-order valence-electron chi connectivity index (χ4n) is 4.55. The smallest absolute Gasteiger partial charge is 0.243 e. The van der Waals surface area contributed by atoms with Crippen molar-refractivity contribution >= 4 is 21.6 Å². The minimum Gasteiger partial charge on any atom is -0.497 e. The first-order chi connectivity index (χ1) is 15.9. The van der Waals surface area contributed by atoms with Gasteiger partial charge in [0.2, 0.25) is 15.9 Å². The zero-order valence-corrected chi connectivity index (χ0v) is 19.6. The predicted octanol–water partition coefficient (Wildman–Crippen LogP) is 2.97. The van der Waals surface area contributed by atoms with Crippen LogP contribution >= 0.6 is 0 Å². The molecular weight excluding hydrogens is 445 g/mol. The molecule has 2 aromatic rings. The molecule has 0 unspecified atom stereocenters. The van der Waals surface area contributed by atoms with Crippen LogP contribution in [-0.2, 0) is 14.8 Å². The highest BCUT2D eigenvalue weighted by Crippen LogP contribution is 2.26. The molecule has 0 saturated carbocycles. The van der Waals surface area contributed by atoms with E-state index in [0.29, 0.717) is 39.0 Å². The lowest BCUT2D eigenvalue weighted by Crippen LogP contribution is -2.45. The van der Waals surface area contributed by atoms with Gasteiger partial charge in [-0.3, -0.25) is 4.79 Å². The van der Waals surface area contributed by atoms with Gasteiger partial charge in [-0.2, -0.15) is 4.31 Å². The van der Waals surface area contributed by atoms with E-state index < -0.39 is 15.8 Å². The molecule has 0 radical (unpaired) electrons. The Morgan fingerprint density at radius 2 is 1.58 bits per heavy atom. The average Bonchev–Trinajstić information content (AvgIpc) is 3.10. The second kappa shape index (κ2) is 10.1. The molecular formula is C24H30FN3O4S. The molecule has 0 aliphatic carbocycles. The van der Waals surface area contributed by atoms with Crippen molar-refractivity contribution in [1.82, 2.24) is 9.21 Å². The fraction of sp³-hybridized carbons (Fsp3) is 0.458. The Morgan fingerprint density at radius 3 is 2.21 bits per heavy atom. The van der Waals surface area contributed by atoms with Gasteiger partial charge in [-0.25, -0.2) is 12.8 Å². The molecule has 2 fully saturated rings. The van der Waals surface area contributed by atoms with Crippen LogP contribution in [0.25, 0.3) is 0 Å². The highest BCUT2D eigenvalue weighted by Gasteiger charge is 2.34. The Balaban J connectivity index is 1.32. The lowest BCUT2D eigenvalue weighted by atomic mass is 9.96. The molecule has 0 spiro atoms. The number of benzene rings is 2. The van der Waals surface area contributed by atoms with Gasteiger partial charge in [0.15, 0.2) is 0 Å². The summed E-state index contributed by atoms with van der Waals surface area (Å²) in [5.74, 6) is 0.294. The number of sulfonamides is 1. The van der Waals surface area contributed by atoms with Crippen LogP contribution in [0, 0.1) is 11.7 Å². The molecule has 0 atom stereocenters. The average molecular weight is 476 g/mol. The summed E-state index contributed by atoms with van der Waals surface area (Å²) in [5, 5.41) is 0. The second-order valence-electron chi connectivity index (χ2n) is 8.50. The van der Waals surface area contributed by atoms with Crippen LogP contribution < -0.4 is 9.64 Å². The number of methoxy groups -OCH3 is 1. The van der Waals surface area contributed by atoms with Gasteiger partial charge in [-0.1, -0.05) is 0 Å². The van der Waals surface area contributed by atoms with Gasteiger partial charge < -0.3 is 14.5 Å². The molecule has 2 heterocycles. The summed E-state index contributed by atoms with van der Waals surface area (Å²) in [6.07, 6.45) is 1.88. The standard InChI is InChI=1S/C24H30FN3O4S/c1-32-22-7-5-21(6-8-22)26-13-2-14-27(18-17-26)24(29)19-11-15-28(16-12-19)33(30,31)23-9-3-20(25)4-10-23/h3-10,19H,2,11-18H2,1H3. The third kappa shape index (κ3) is 5.30. The lowest BCUT2D eigenvalue weighted by Gasteiger charge is -2.33. The number of ether oxygens (including phenoxy) is 1. The van der Waals surface area contributed by atoms with Crippen molar-refractivity contribution in [3.8, 4) is 5.75 Å². The van der Waals surface area contributed by atoms with Gasteiger partial charge >= 0.3 is 0 Å². The molecule has 9 heteroatoms. The summed E-state index contributed by atoms with van der Waals surface area (Å²) < 4.78 is 45.4. The van der Waals surface area contributed by atoms with E-state index in [2.05, 4.69) is 4.90 Å². The van der Waals surface area contributed by atoms with E-state index >= 15 is 0 Å². The SMILES string of the molecule is COc1ccc(N2CCCN(C(=O)C3CCN(S(=O)(=O)c4ccc(F)cc4)CC3)CC2)cc1. The number of anilines is 1. The molecule has 2 aliphatic heterocycles. The third-order valence-electron chi connectivity index (χ3n) is 6.50. The zero-order valence-electron chi connectivity index (χ0n) is 18.8. The molecule has 2 aromatic carbocycles. The number of amides is 1. The lowest BCUT2D eigenvalue weighted by molar-refractivity contribution is -0.136. The summed E-state index contributed by atoms with van der Waals surface area (Å²) in [5.41, 5.74) is 1.12. The Bertz CT molecular complexity index is 1050. The van der Waals surface area contributed by atoms with E-state index in [4.69, 9.17) is 4.74 Å². The minimum atomic E-state index is -3.68. The first-order valence-corrected chi connectivity index (χ1v) is 12.8. The quantitative estimate of drug-likeness (QED) is 0.665. The number of nitrogens with zero attached hydrogens (tertiary/aromatic N) is 3. The maximum Gasteiger partial charge on any atom is 0.243 e. The molecule has 0 N–H and O–H groups in total. The van der Waals surface area contributed by atoms with Crippen LogP contribution in [0.3, 0.4) is 0 Å². The first-order valence-electron chi connectivity index (χ1n) is 11.3. The van der Waals surface area contributed by atoms with Gasteiger partial charge in [-0.15, -0.1) is 0 Å². The van der Waals surface area contributed by atoms with Crippen molar-refractivity contribution in [1.29, 1.82) is 0 Å². The minimum absolute atomic E-state index is 0.0832. The largest absolute Gasteiger partial charge is 0.497 e. The summed E-state index contributed by atoms with van der Waals surface area (Å²) in [6, 6.07) is 12.8. The fourth-order valence-corrected chi connectivity index (χ4v) is 6.02. The number of carbonyl (C=O) groups excluding carboxylic acids is 1. The van der Waals surface area contributed by atoms with E-state index in [0.717, 1.165) is 43.1 Å². The Labute approximate surface area is 194 Å².